The Bertz CT molecular complexity index is 934. The van der Waals surface area contributed by atoms with Crippen molar-refractivity contribution in [2.24, 2.45) is 0 Å². The number of benzene rings is 2. The predicted octanol–water partition coefficient (Wildman–Crippen LogP) is 1.74. The van der Waals surface area contributed by atoms with Crippen molar-refractivity contribution in [3.63, 3.8) is 0 Å². The van der Waals surface area contributed by atoms with Crippen LogP contribution in [0.1, 0.15) is 21.5 Å². The number of carboxylic acids is 1. The molecule has 0 saturated heterocycles. The van der Waals surface area contributed by atoms with Gasteiger partial charge in [-0.1, -0.05) is 24.3 Å². The Morgan fingerprint density at radius 2 is 1.64 bits per heavy atom. The lowest BCUT2D eigenvalue weighted by molar-refractivity contribution is -0.142. The van der Waals surface area contributed by atoms with Crippen LogP contribution in [0.3, 0.4) is 0 Å². The second-order valence-corrected chi connectivity index (χ2v) is 8.07. The highest BCUT2D eigenvalue weighted by Gasteiger charge is 2.34. The van der Waals surface area contributed by atoms with E-state index >= 15 is 0 Å². The Morgan fingerprint density at radius 1 is 1.04 bits per heavy atom. The lowest BCUT2D eigenvalue weighted by Gasteiger charge is -2.34. The number of hydrogen-bond acceptors (Lipinski definition) is 4. The first-order valence-corrected chi connectivity index (χ1v) is 9.57. The molecule has 25 heavy (non-hydrogen) atoms. The minimum Gasteiger partial charge on any atom is -0.480 e. The van der Waals surface area contributed by atoms with Gasteiger partial charge >= 0.3 is 5.97 Å². The number of rotatable bonds is 3. The number of fused-ring (bicyclic) bond motifs is 1. The molecule has 0 aromatic heterocycles. The topological polar surface area (TPSA) is 91.8 Å². The summed E-state index contributed by atoms with van der Waals surface area (Å²) in [6.45, 7) is 0.208. The zero-order valence-electron chi connectivity index (χ0n) is 13.5. The average molecular weight is 359 g/mol. The summed E-state index contributed by atoms with van der Waals surface area (Å²) in [5, 5.41) is 9.51. The smallest absolute Gasteiger partial charge is 0.326 e. The highest BCUT2D eigenvalue weighted by molar-refractivity contribution is 7.90. The molecule has 3 rings (SSSR count). The third-order valence-electron chi connectivity index (χ3n) is 4.32. The van der Waals surface area contributed by atoms with Crippen molar-refractivity contribution in [1.29, 1.82) is 0 Å². The van der Waals surface area contributed by atoms with Crippen LogP contribution in [0.2, 0.25) is 0 Å². The van der Waals surface area contributed by atoms with Crippen LogP contribution in [-0.4, -0.2) is 42.6 Å². The molecule has 0 spiro atoms. The van der Waals surface area contributed by atoms with Gasteiger partial charge in [-0.25, -0.2) is 13.2 Å². The van der Waals surface area contributed by atoms with E-state index in [4.69, 9.17) is 0 Å². The largest absolute Gasteiger partial charge is 0.480 e. The Morgan fingerprint density at radius 3 is 2.20 bits per heavy atom. The van der Waals surface area contributed by atoms with Gasteiger partial charge in [-0.3, -0.25) is 4.79 Å². The number of carboxylic acid groups (broad SMARTS) is 1. The number of sulfone groups is 1. The van der Waals surface area contributed by atoms with Gasteiger partial charge in [-0.05, 0) is 35.4 Å². The van der Waals surface area contributed by atoms with Crippen molar-refractivity contribution >= 4 is 21.7 Å². The Labute approximate surface area is 145 Å². The van der Waals surface area contributed by atoms with Crippen molar-refractivity contribution in [2.75, 3.05) is 6.26 Å². The van der Waals surface area contributed by atoms with E-state index < -0.39 is 27.8 Å². The van der Waals surface area contributed by atoms with Crippen LogP contribution < -0.4 is 0 Å². The standard InChI is InChI=1S/C18H17NO5S/c1-25(23,24)15-8-6-12(7-9-15)17(20)19-11-14-5-3-2-4-13(14)10-16(19)18(21)22/h2-9,16H,10-11H2,1H3,(H,21,22). The van der Waals surface area contributed by atoms with Crippen molar-refractivity contribution < 1.29 is 23.1 Å². The molecule has 6 nitrogen and oxygen atoms in total. The van der Waals surface area contributed by atoms with Crippen LogP contribution in [0.5, 0.6) is 0 Å². The fraction of sp³-hybridized carbons (Fsp3) is 0.222. The molecule has 0 radical (unpaired) electrons. The molecule has 0 bridgehead atoms. The van der Waals surface area contributed by atoms with Crippen LogP contribution in [0.4, 0.5) is 0 Å². The molecule has 1 heterocycles. The minimum absolute atomic E-state index is 0.114. The fourth-order valence-corrected chi connectivity index (χ4v) is 3.60. The number of carbonyl (C=O) groups is 2. The maximum atomic E-state index is 12.8. The second kappa shape index (κ2) is 6.33. The Balaban J connectivity index is 1.93. The zero-order chi connectivity index (χ0) is 18.2. The van der Waals surface area contributed by atoms with Crippen molar-refractivity contribution in [3.8, 4) is 0 Å². The van der Waals surface area contributed by atoms with Crippen LogP contribution in [0, 0.1) is 0 Å². The maximum absolute atomic E-state index is 12.8. The number of hydrogen-bond donors (Lipinski definition) is 1. The molecule has 2 aromatic rings. The summed E-state index contributed by atoms with van der Waals surface area (Å²) in [7, 11) is -3.35. The van der Waals surface area contributed by atoms with E-state index in [9.17, 15) is 23.1 Å². The van der Waals surface area contributed by atoms with E-state index in [2.05, 4.69) is 0 Å². The molecular weight excluding hydrogens is 342 g/mol. The van der Waals surface area contributed by atoms with E-state index in [1.165, 1.54) is 29.2 Å². The number of nitrogens with zero attached hydrogens (tertiary/aromatic N) is 1. The van der Waals surface area contributed by atoms with Gasteiger partial charge in [0.15, 0.2) is 9.84 Å². The molecule has 1 aliphatic rings. The van der Waals surface area contributed by atoms with Crippen molar-refractivity contribution in [2.45, 2.75) is 23.9 Å². The van der Waals surface area contributed by atoms with E-state index in [1.54, 1.807) is 0 Å². The highest BCUT2D eigenvalue weighted by atomic mass is 32.2. The molecule has 0 fully saturated rings. The summed E-state index contributed by atoms with van der Waals surface area (Å²) in [5.74, 6) is -1.49. The molecular formula is C18H17NO5S. The Hall–Kier alpha value is -2.67. The van der Waals surface area contributed by atoms with Gasteiger partial charge in [0.1, 0.15) is 6.04 Å². The van der Waals surface area contributed by atoms with Gasteiger partial charge in [-0.15, -0.1) is 0 Å². The van der Waals surface area contributed by atoms with E-state index in [0.29, 0.717) is 0 Å². The summed E-state index contributed by atoms with van der Waals surface area (Å²) in [6.07, 6.45) is 1.34. The monoisotopic (exact) mass is 359 g/mol. The molecule has 0 saturated carbocycles. The molecule has 7 heteroatoms. The van der Waals surface area contributed by atoms with Gasteiger partial charge in [0.25, 0.3) is 5.91 Å². The van der Waals surface area contributed by atoms with E-state index in [1.807, 2.05) is 24.3 Å². The molecule has 1 unspecified atom stereocenters. The van der Waals surface area contributed by atoms with Crippen LogP contribution in [-0.2, 0) is 27.6 Å². The molecule has 1 N–H and O–H groups in total. The van der Waals surface area contributed by atoms with E-state index in [-0.39, 0.29) is 23.4 Å². The van der Waals surface area contributed by atoms with Crippen molar-refractivity contribution in [1.82, 2.24) is 4.90 Å². The van der Waals surface area contributed by atoms with Crippen LogP contribution in [0.25, 0.3) is 0 Å². The van der Waals surface area contributed by atoms with Crippen molar-refractivity contribution in [3.05, 3.63) is 65.2 Å². The predicted molar refractivity (Wildman–Crippen MR) is 91.0 cm³/mol. The summed E-state index contributed by atoms with van der Waals surface area (Å²) >= 11 is 0. The third kappa shape index (κ3) is 3.41. The summed E-state index contributed by atoms with van der Waals surface area (Å²) < 4.78 is 23.0. The van der Waals surface area contributed by atoms with E-state index in [0.717, 1.165) is 17.4 Å². The molecule has 1 atom stereocenters. The molecule has 1 aliphatic heterocycles. The maximum Gasteiger partial charge on any atom is 0.326 e. The number of carbonyl (C=O) groups excluding carboxylic acids is 1. The summed E-state index contributed by atoms with van der Waals surface area (Å²) in [6, 6.07) is 12.0. The molecule has 1 amide bonds. The van der Waals surface area contributed by atoms with Crippen LogP contribution in [0.15, 0.2) is 53.4 Å². The lowest BCUT2D eigenvalue weighted by Crippen LogP contribution is -2.48. The normalized spacial score (nSPS) is 17.0. The fourth-order valence-electron chi connectivity index (χ4n) is 2.97. The first-order valence-electron chi connectivity index (χ1n) is 7.68. The third-order valence-corrected chi connectivity index (χ3v) is 5.45. The second-order valence-electron chi connectivity index (χ2n) is 6.06. The van der Waals surface area contributed by atoms with Gasteiger partial charge in [0.05, 0.1) is 4.90 Å². The zero-order valence-corrected chi connectivity index (χ0v) is 14.4. The summed E-state index contributed by atoms with van der Waals surface area (Å²) in [5.41, 5.74) is 2.10. The molecule has 0 aliphatic carbocycles. The van der Waals surface area contributed by atoms with Gasteiger partial charge in [0, 0.05) is 24.8 Å². The average Bonchev–Trinajstić information content (AvgIpc) is 2.59. The van der Waals surface area contributed by atoms with Gasteiger partial charge < -0.3 is 10.0 Å². The Kier molecular flexibility index (Phi) is 4.34. The van der Waals surface area contributed by atoms with Gasteiger partial charge in [0.2, 0.25) is 0 Å². The number of amides is 1. The molecule has 2 aromatic carbocycles. The summed E-state index contributed by atoms with van der Waals surface area (Å²) in [4.78, 5) is 25.9. The van der Waals surface area contributed by atoms with Crippen LogP contribution >= 0.6 is 0 Å². The van der Waals surface area contributed by atoms with Gasteiger partial charge in [-0.2, -0.15) is 0 Å². The quantitative estimate of drug-likeness (QED) is 0.901. The molecule has 130 valence electrons. The first-order chi connectivity index (χ1) is 11.8. The first kappa shape index (κ1) is 17.2. The SMILES string of the molecule is CS(=O)(=O)c1ccc(C(=O)N2Cc3ccccc3CC2C(=O)O)cc1. The highest BCUT2D eigenvalue weighted by Crippen LogP contribution is 2.25. The minimum atomic E-state index is -3.35. The number of aliphatic carboxylic acids is 1. The lowest BCUT2D eigenvalue weighted by atomic mass is 9.93.